The Morgan fingerprint density at radius 1 is 1.53 bits per heavy atom. The summed E-state index contributed by atoms with van der Waals surface area (Å²) >= 11 is 1.55. The molecule has 0 bridgehead atoms. The van der Waals surface area contributed by atoms with Crippen LogP contribution in [0.4, 0.5) is 0 Å². The summed E-state index contributed by atoms with van der Waals surface area (Å²) in [5.74, 6) is 0. The van der Waals surface area contributed by atoms with Crippen LogP contribution in [0.3, 0.4) is 0 Å². The van der Waals surface area contributed by atoms with Crippen molar-refractivity contribution in [3.8, 4) is 0 Å². The average Bonchev–Trinajstić information content (AvgIpc) is 3.07. The quantitative estimate of drug-likeness (QED) is 0.796. The third-order valence-electron chi connectivity index (χ3n) is 3.78. The number of aryl methyl sites for hydroxylation is 1. The first kappa shape index (κ1) is 14.9. The Morgan fingerprint density at radius 3 is 3.11 bits per heavy atom. The fourth-order valence-corrected chi connectivity index (χ4v) is 3.56. The maximum Gasteiger partial charge on any atom is 0.0803 e. The molecule has 2 heterocycles. The van der Waals surface area contributed by atoms with Gasteiger partial charge in [-0.3, -0.25) is 0 Å². The molecule has 5 heteroatoms. The Labute approximate surface area is 120 Å². The largest absolute Gasteiger partial charge is 0.378 e. The summed E-state index contributed by atoms with van der Waals surface area (Å²) in [5, 5.41) is 7.68. The first-order valence-electron chi connectivity index (χ1n) is 7.45. The number of rotatable bonds is 8. The Balaban J connectivity index is 1.82. The predicted octanol–water partition coefficient (Wildman–Crippen LogP) is 3.10. The molecule has 0 saturated carbocycles. The molecule has 2 rings (SSSR count). The Morgan fingerprint density at radius 2 is 2.42 bits per heavy atom. The van der Waals surface area contributed by atoms with Crippen LogP contribution in [0.2, 0.25) is 0 Å². The van der Waals surface area contributed by atoms with Crippen LogP contribution in [0.5, 0.6) is 0 Å². The fraction of sp³-hybridized carbons (Fsp3) is 0.857. The van der Waals surface area contributed by atoms with Crippen LogP contribution in [-0.4, -0.2) is 29.3 Å². The molecule has 1 aliphatic heterocycles. The molecule has 1 fully saturated rings. The molecule has 1 aromatic rings. The van der Waals surface area contributed by atoms with E-state index < -0.39 is 0 Å². The van der Waals surface area contributed by atoms with E-state index in [1.165, 1.54) is 36.3 Å². The van der Waals surface area contributed by atoms with Gasteiger partial charge in [-0.25, -0.2) is 0 Å². The van der Waals surface area contributed by atoms with Crippen LogP contribution in [0.1, 0.15) is 62.1 Å². The molecule has 4 nitrogen and oxygen atoms in total. The number of aromatic nitrogens is 2. The van der Waals surface area contributed by atoms with Gasteiger partial charge in [0.25, 0.3) is 0 Å². The van der Waals surface area contributed by atoms with E-state index >= 15 is 0 Å². The summed E-state index contributed by atoms with van der Waals surface area (Å²) in [4.78, 5) is 1.33. The standard InChI is InChI=1S/C14H25N3OS/c1-3-6-13-14(19-17-16-13)12(15-2)9-4-7-11-8-5-10-18-11/h11-12,15H,3-10H2,1-2H3. The van der Waals surface area contributed by atoms with Crippen LogP contribution >= 0.6 is 11.5 Å². The van der Waals surface area contributed by atoms with Crippen molar-refractivity contribution in [2.24, 2.45) is 0 Å². The van der Waals surface area contributed by atoms with Gasteiger partial charge in [-0.2, -0.15) is 0 Å². The van der Waals surface area contributed by atoms with Crippen LogP contribution in [0.15, 0.2) is 0 Å². The normalized spacial score (nSPS) is 20.8. The lowest BCUT2D eigenvalue weighted by Gasteiger charge is -2.16. The van der Waals surface area contributed by atoms with Gasteiger partial charge < -0.3 is 10.1 Å². The second kappa shape index (κ2) is 7.92. The molecule has 0 spiro atoms. The van der Waals surface area contributed by atoms with Gasteiger partial charge in [0, 0.05) is 12.6 Å². The Kier molecular flexibility index (Phi) is 6.20. The molecule has 1 aliphatic rings. The van der Waals surface area contributed by atoms with Gasteiger partial charge in [0.2, 0.25) is 0 Å². The third kappa shape index (κ3) is 4.23. The minimum absolute atomic E-state index is 0.406. The fourth-order valence-electron chi connectivity index (χ4n) is 2.72. The van der Waals surface area contributed by atoms with Crippen molar-refractivity contribution < 1.29 is 4.74 Å². The summed E-state index contributed by atoms with van der Waals surface area (Å²) < 4.78 is 9.80. The maximum absolute atomic E-state index is 5.68. The zero-order valence-corrected chi connectivity index (χ0v) is 12.8. The second-order valence-corrected chi connectivity index (χ2v) is 6.03. The van der Waals surface area contributed by atoms with Crippen LogP contribution < -0.4 is 5.32 Å². The number of hydrogen-bond acceptors (Lipinski definition) is 5. The highest BCUT2D eigenvalue weighted by atomic mass is 32.1. The van der Waals surface area contributed by atoms with Gasteiger partial charge in [0.05, 0.1) is 16.7 Å². The molecule has 108 valence electrons. The highest BCUT2D eigenvalue weighted by Gasteiger charge is 2.19. The monoisotopic (exact) mass is 283 g/mol. The van der Waals surface area contributed by atoms with E-state index in [1.54, 1.807) is 11.5 Å². The van der Waals surface area contributed by atoms with Gasteiger partial charge in [0.15, 0.2) is 0 Å². The van der Waals surface area contributed by atoms with Gasteiger partial charge in [-0.05, 0) is 57.1 Å². The first-order chi connectivity index (χ1) is 9.35. The lowest BCUT2D eigenvalue weighted by Crippen LogP contribution is -2.17. The highest BCUT2D eigenvalue weighted by molar-refractivity contribution is 7.05. The van der Waals surface area contributed by atoms with Crippen molar-refractivity contribution in [3.05, 3.63) is 10.6 Å². The zero-order chi connectivity index (χ0) is 13.5. The van der Waals surface area contributed by atoms with Crippen LogP contribution in [0, 0.1) is 0 Å². The molecule has 0 radical (unpaired) electrons. The van der Waals surface area contributed by atoms with E-state index in [9.17, 15) is 0 Å². The van der Waals surface area contributed by atoms with Gasteiger partial charge in [-0.15, -0.1) is 5.10 Å². The van der Waals surface area contributed by atoms with Crippen LogP contribution in [-0.2, 0) is 11.2 Å². The van der Waals surface area contributed by atoms with Crippen LogP contribution in [0.25, 0.3) is 0 Å². The van der Waals surface area contributed by atoms with Gasteiger partial charge in [0.1, 0.15) is 0 Å². The predicted molar refractivity (Wildman–Crippen MR) is 78.5 cm³/mol. The lowest BCUT2D eigenvalue weighted by molar-refractivity contribution is 0.101. The lowest BCUT2D eigenvalue weighted by atomic mass is 10.0. The van der Waals surface area contributed by atoms with E-state index in [4.69, 9.17) is 4.74 Å². The Hall–Kier alpha value is -0.520. The summed E-state index contributed by atoms with van der Waals surface area (Å²) in [6.45, 7) is 3.15. The second-order valence-electron chi connectivity index (χ2n) is 5.24. The summed E-state index contributed by atoms with van der Waals surface area (Å²) in [6.07, 6.45) is 8.70. The molecule has 2 atom stereocenters. The van der Waals surface area contributed by atoms with Gasteiger partial charge >= 0.3 is 0 Å². The minimum atomic E-state index is 0.406. The number of nitrogens with one attached hydrogen (secondary N) is 1. The molecule has 19 heavy (non-hydrogen) atoms. The summed E-state index contributed by atoms with van der Waals surface area (Å²) in [5.41, 5.74) is 1.18. The third-order valence-corrected chi connectivity index (χ3v) is 4.66. The molecular formula is C14H25N3OS. The molecule has 0 amide bonds. The average molecular weight is 283 g/mol. The van der Waals surface area contributed by atoms with E-state index in [0.717, 1.165) is 25.9 Å². The molecule has 1 aromatic heterocycles. The molecule has 0 aromatic carbocycles. The summed E-state index contributed by atoms with van der Waals surface area (Å²) in [6, 6.07) is 0.406. The van der Waals surface area contributed by atoms with Crippen molar-refractivity contribution >= 4 is 11.5 Å². The number of nitrogens with zero attached hydrogens (tertiary/aromatic N) is 2. The molecule has 1 N–H and O–H groups in total. The zero-order valence-electron chi connectivity index (χ0n) is 12.0. The van der Waals surface area contributed by atoms with Crippen molar-refractivity contribution in [1.29, 1.82) is 0 Å². The van der Waals surface area contributed by atoms with E-state index in [1.807, 2.05) is 7.05 Å². The van der Waals surface area contributed by atoms with E-state index in [2.05, 4.69) is 21.8 Å². The molecular weight excluding hydrogens is 258 g/mol. The molecule has 0 aliphatic carbocycles. The molecule has 2 unspecified atom stereocenters. The SMILES string of the molecule is CCCc1nnsc1C(CCCC1CCCO1)NC. The smallest absolute Gasteiger partial charge is 0.0803 e. The van der Waals surface area contributed by atoms with Crippen molar-refractivity contribution in [3.63, 3.8) is 0 Å². The van der Waals surface area contributed by atoms with Crippen molar-refractivity contribution in [2.45, 2.75) is 64.0 Å². The number of hydrogen-bond donors (Lipinski definition) is 1. The van der Waals surface area contributed by atoms with E-state index in [0.29, 0.717) is 12.1 Å². The molecule has 1 saturated heterocycles. The Bertz CT molecular complexity index is 363. The number of ether oxygens (including phenoxy) is 1. The van der Waals surface area contributed by atoms with Crippen molar-refractivity contribution in [1.82, 2.24) is 14.9 Å². The maximum atomic E-state index is 5.68. The van der Waals surface area contributed by atoms with E-state index in [-0.39, 0.29) is 0 Å². The van der Waals surface area contributed by atoms with Crippen molar-refractivity contribution in [2.75, 3.05) is 13.7 Å². The first-order valence-corrected chi connectivity index (χ1v) is 8.22. The van der Waals surface area contributed by atoms with Gasteiger partial charge in [-0.1, -0.05) is 17.8 Å². The minimum Gasteiger partial charge on any atom is -0.378 e. The topological polar surface area (TPSA) is 47.0 Å². The highest BCUT2D eigenvalue weighted by Crippen LogP contribution is 2.27. The summed E-state index contributed by atoms with van der Waals surface area (Å²) in [7, 11) is 2.03.